The zero-order valence-electron chi connectivity index (χ0n) is 16.6. The molecule has 2 aromatic heterocycles. The van der Waals surface area contributed by atoms with Crippen LogP contribution < -0.4 is 4.90 Å². The number of aromatic nitrogens is 2. The highest BCUT2D eigenvalue weighted by molar-refractivity contribution is 7.22. The lowest BCUT2D eigenvalue weighted by molar-refractivity contribution is -0.120. The maximum absolute atomic E-state index is 12.7. The zero-order valence-corrected chi connectivity index (χ0v) is 17.4. The highest BCUT2D eigenvalue weighted by Crippen LogP contribution is 2.34. The van der Waals surface area contributed by atoms with Crippen LogP contribution >= 0.6 is 11.3 Å². The number of rotatable bonds is 5. The van der Waals surface area contributed by atoms with Crippen molar-refractivity contribution in [2.45, 2.75) is 33.1 Å². The molecule has 4 rings (SSSR count). The summed E-state index contributed by atoms with van der Waals surface area (Å²) in [6.07, 6.45) is 3.52. The maximum Gasteiger partial charge on any atom is 0.340 e. The highest BCUT2D eigenvalue weighted by atomic mass is 32.1. The fourth-order valence-electron chi connectivity index (χ4n) is 3.39. The van der Waals surface area contributed by atoms with Crippen molar-refractivity contribution in [3.8, 4) is 11.3 Å². The van der Waals surface area contributed by atoms with Gasteiger partial charge in [0, 0.05) is 18.7 Å². The number of ether oxygens (including phenoxy) is 1. The van der Waals surface area contributed by atoms with Gasteiger partial charge in [-0.25, -0.2) is 9.78 Å². The number of pyridine rings is 1. The van der Waals surface area contributed by atoms with Gasteiger partial charge >= 0.3 is 5.97 Å². The van der Waals surface area contributed by atoms with E-state index in [1.54, 1.807) is 6.07 Å². The Kier molecular flexibility index (Phi) is 5.58. The number of piperidine rings is 1. The van der Waals surface area contributed by atoms with E-state index >= 15 is 0 Å². The smallest absolute Gasteiger partial charge is 0.340 e. The van der Waals surface area contributed by atoms with Gasteiger partial charge in [-0.05, 0) is 39.2 Å². The van der Waals surface area contributed by atoms with Gasteiger partial charge < -0.3 is 9.64 Å². The molecular weight excluding hydrogens is 386 g/mol. The zero-order chi connectivity index (χ0) is 20.4. The summed E-state index contributed by atoms with van der Waals surface area (Å²) >= 11 is 1.47. The van der Waals surface area contributed by atoms with Crippen molar-refractivity contribution < 1.29 is 14.3 Å². The van der Waals surface area contributed by atoms with Crippen LogP contribution in [0.25, 0.3) is 21.6 Å². The second-order valence-electron chi connectivity index (χ2n) is 7.40. The van der Waals surface area contributed by atoms with Gasteiger partial charge in [-0.1, -0.05) is 41.2 Å². The molecule has 1 saturated heterocycles. The lowest BCUT2D eigenvalue weighted by Gasteiger charge is -2.25. The Labute approximate surface area is 173 Å². The van der Waals surface area contributed by atoms with Crippen molar-refractivity contribution in [1.29, 1.82) is 0 Å². The molecule has 0 spiro atoms. The number of anilines is 1. The number of carbonyl (C=O) groups is 2. The van der Waals surface area contributed by atoms with E-state index in [4.69, 9.17) is 14.7 Å². The first-order valence-electron chi connectivity index (χ1n) is 9.81. The molecular formula is C22H23N3O3S. The van der Waals surface area contributed by atoms with Crippen molar-refractivity contribution in [1.82, 2.24) is 9.97 Å². The van der Waals surface area contributed by atoms with Crippen LogP contribution in [0.3, 0.4) is 0 Å². The summed E-state index contributed by atoms with van der Waals surface area (Å²) in [5.41, 5.74) is 3.68. The van der Waals surface area contributed by atoms with Crippen molar-refractivity contribution in [2.24, 2.45) is 0 Å². The van der Waals surface area contributed by atoms with Crippen LogP contribution in [0.1, 0.15) is 42.1 Å². The third-order valence-corrected chi connectivity index (χ3v) is 6.09. The Morgan fingerprint density at radius 3 is 2.52 bits per heavy atom. The molecule has 7 heteroatoms. The number of aryl methyl sites for hydroxylation is 1. The Bertz CT molecular complexity index is 1050. The second-order valence-corrected chi connectivity index (χ2v) is 8.37. The number of carbonyl (C=O) groups excluding carboxylic acids is 2. The number of Topliss-reactive ketones (excluding diaryl/α,β-unsaturated/α-hetero) is 1. The first kappa shape index (κ1) is 19.5. The number of ketones is 1. The molecule has 0 radical (unpaired) electrons. The molecule has 1 aromatic carbocycles. The van der Waals surface area contributed by atoms with E-state index in [9.17, 15) is 9.59 Å². The lowest BCUT2D eigenvalue weighted by atomic mass is 10.1. The average molecular weight is 410 g/mol. The molecule has 150 valence electrons. The average Bonchev–Trinajstić information content (AvgIpc) is 3.16. The van der Waals surface area contributed by atoms with Crippen LogP contribution in [0.4, 0.5) is 5.13 Å². The van der Waals surface area contributed by atoms with Crippen molar-refractivity contribution in [3.05, 3.63) is 41.5 Å². The number of thiazole rings is 1. The molecule has 0 N–H and O–H groups in total. The third-order valence-electron chi connectivity index (χ3n) is 4.95. The summed E-state index contributed by atoms with van der Waals surface area (Å²) in [5.74, 6) is -0.712. The molecule has 0 bridgehead atoms. The Morgan fingerprint density at radius 2 is 1.83 bits per heavy atom. The van der Waals surface area contributed by atoms with Gasteiger partial charge in [0.1, 0.15) is 6.61 Å². The molecule has 1 fully saturated rings. The van der Waals surface area contributed by atoms with Crippen LogP contribution in [-0.4, -0.2) is 41.4 Å². The molecule has 0 amide bonds. The SMILES string of the molecule is CC(=O)COC(=O)c1cc(-c2ccc(C)cc2)nc2nc(N3CCCCC3)sc12. The molecule has 0 aliphatic carbocycles. The minimum atomic E-state index is -0.519. The predicted octanol–water partition coefficient (Wildman–Crippen LogP) is 4.40. The fourth-order valence-corrected chi connectivity index (χ4v) is 4.45. The van der Waals surface area contributed by atoms with Gasteiger partial charge in [-0.15, -0.1) is 0 Å². The molecule has 6 nitrogen and oxygen atoms in total. The molecule has 3 heterocycles. The summed E-state index contributed by atoms with van der Waals surface area (Å²) < 4.78 is 5.92. The van der Waals surface area contributed by atoms with E-state index in [1.807, 2.05) is 31.2 Å². The van der Waals surface area contributed by atoms with E-state index in [2.05, 4.69) is 4.90 Å². The summed E-state index contributed by atoms with van der Waals surface area (Å²) in [6.45, 7) is 5.12. The summed E-state index contributed by atoms with van der Waals surface area (Å²) in [4.78, 5) is 35.7. The standard InChI is InChI=1S/C22H23N3O3S/c1-14-6-8-16(9-7-14)18-12-17(21(27)28-13-15(2)26)19-20(23-18)24-22(29-19)25-10-4-3-5-11-25/h6-9,12H,3-5,10-11,13H2,1-2H3. The van der Waals surface area contributed by atoms with Gasteiger partial charge in [0.15, 0.2) is 16.6 Å². The Hall–Kier alpha value is -2.80. The monoisotopic (exact) mass is 409 g/mol. The van der Waals surface area contributed by atoms with Crippen LogP contribution in [0.5, 0.6) is 0 Å². The summed E-state index contributed by atoms with van der Waals surface area (Å²) in [7, 11) is 0. The van der Waals surface area contributed by atoms with Gasteiger partial charge in [0.2, 0.25) is 0 Å². The van der Waals surface area contributed by atoms with Gasteiger partial charge in [0.05, 0.1) is 16.0 Å². The Balaban J connectivity index is 1.79. The van der Waals surface area contributed by atoms with Crippen LogP contribution in [-0.2, 0) is 9.53 Å². The van der Waals surface area contributed by atoms with Crippen molar-refractivity contribution >= 4 is 38.6 Å². The fraction of sp³-hybridized carbons (Fsp3) is 0.364. The second kappa shape index (κ2) is 8.29. The first-order chi connectivity index (χ1) is 14.0. The number of hydrogen-bond acceptors (Lipinski definition) is 7. The quantitative estimate of drug-likeness (QED) is 0.582. The predicted molar refractivity (Wildman–Crippen MR) is 115 cm³/mol. The topological polar surface area (TPSA) is 72.4 Å². The number of fused-ring (bicyclic) bond motifs is 1. The lowest BCUT2D eigenvalue weighted by Crippen LogP contribution is -2.29. The maximum atomic E-state index is 12.7. The number of benzene rings is 1. The van der Waals surface area contributed by atoms with E-state index in [0.29, 0.717) is 21.6 Å². The van der Waals surface area contributed by atoms with Crippen LogP contribution in [0, 0.1) is 6.92 Å². The van der Waals surface area contributed by atoms with E-state index < -0.39 is 5.97 Å². The Morgan fingerprint density at radius 1 is 1.10 bits per heavy atom. The minimum Gasteiger partial charge on any atom is -0.454 e. The van der Waals surface area contributed by atoms with Crippen LogP contribution in [0.15, 0.2) is 30.3 Å². The normalized spacial score (nSPS) is 14.2. The van der Waals surface area contributed by atoms with E-state index in [1.165, 1.54) is 24.7 Å². The summed E-state index contributed by atoms with van der Waals surface area (Å²) in [5, 5.41) is 0.883. The molecule has 0 atom stereocenters. The molecule has 3 aromatic rings. The van der Waals surface area contributed by atoms with E-state index in [-0.39, 0.29) is 12.4 Å². The molecule has 29 heavy (non-hydrogen) atoms. The van der Waals surface area contributed by atoms with Crippen molar-refractivity contribution in [3.63, 3.8) is 0 Å². The molecule has 1 aliphatic heterocycles. The minimum absolute atomic E-state index is 0.194. The first-order valence-corrected chi connectivity index (χ1v) is 10.6. The number of esters is 1. The van der Waals surface area contributed by atoms with E-state index in [0.717, 1.165) is 42.2 Å². The van der Waals surface area contributed by atoms with Gasteiger partial charge in [-0.3, -0.25) is 4.79 Å². The molecule has 0 unspecified atom stereocenters. The van der Waals surface area contributed by atoms with Gasteiger partial charge in [-0.2, -0.15) is 4.98 Å². The largest absolute Gasteiger partial charge is 0.454 e. The molecule has 0 saturated carbocycles. The number of nitrogens with zero attached hydrogens (tertiary/aromatic N) is 3. The summed E-state index contributed by atoms with van der Waals surface area (Å²) in [6, 6.07) is 9.72. The third kappa shape index (κ3) is 4.29. The molecule has 1 aliphatic rings. The number of hydrogen-bond donors (Lipinski definition) is 0. The highest BCUT2D eigenvalue weighted by Gasteiger charge is 2.22. The van der Waals surface area contributed by atoms with Crippen molar-refractivity contribution in [2.75, 3.05) is 24.6 Å². The van der Waals surface area contributed by atoms with Crippen LogP contribution in [0.2, 0.25) is 0 Å². The van der Waals surface area contributed by atoms with Gasteiger partial charge in [0.25, 0.3) is 0 Å².